The highest BCUT2D eigenvalue weighted by Gasteiger charge is 2.02. The van der Waals surface area contributed by atoms with E-state index in [0.717, 1.165) is 41.6 Å². The van der Waals surface area contributed by atoms with E-state index in [4.69, 9.17) is 16.3 Å². The predicted molar refractivity (Wildman–Crippen MR) is 85.7 cm³/mol. The zero-order valence-electron chi connectivity index (χ0n) is 11.9. The Bertz CT molecular complexity index is 551. The second-order valence-electron chi connectivity index (χ2n) is 4.76. The molecule has 2 nitrogen and oxygen atoms in total. The molecule has 2 rings (SSSR count). The summed E-state index contributed by atoms with van der Waals surface area (Å²) in [6.07, 6.45) is 1.03. The third-order valence-corrected chi connectivity index (χ3v) is 3.56. The molecule has 0 spiro atoms. The second-order valence-corrected chi connectivity index (χ2v) is 5.17. The molecule has 0 saturated carbocycles. The molecule has 2 aromatic carbocycles. The summed E-state index contributed by atoms with van der Waals surface area (Å²) < 4.78 is 5.57. The topological polar surface area (TPSA) is 21.3 Å². The highest BCUT2D eigenvalue weighted by molar-refractivity contribution is 6.31. The summed E-state index contributed by atoms with van der Waals surface area (Å²) in [6.45, 7) is 5.66. The van der Waals surface area contributed by atoms with Crippen molar-refractivity contribution in [2.24, 2.45) is 0 Å². The van der Waals surface area contributed by atoms with Crippen molar-refractivity contribution in [3.05, 3.63) is 58.6 Å². The van der Waals surface area contributed by atoms with Crippen LogP contribution >= 0.6 is 11.6 Å². The maximum absolute atomic E-state index is 6.11. The average molecular weight is 290 g/mol. The summed E-state index contributed by atoms with van der Waals surface area (Å²) in [6, 6.07) is 14.1. The first-order valence-corrected chi connectivity index (χ1v) is 7.29. The molecule has 0 unspecified atom stereocenters. The number of anilines is 1. The minimum atomic E-state index is 0.763. The molecule has 20 heavy (non-hydrogen) atoms. The zero-order valence-corrected chi connectivity index (χ0v) is 12.7. The molecular weight excluding hydrogens is 270 g/mol. The Morgan fingerprint density at radius 2 is 1.85 bits per heavy atom. The van der Waals surface area contributed by atoms with Crippen LogP contribution in [0.2, 0.25) is 5.02 Å². The second kappa shape index (κ2) is 7.20. The highest BCUT2D eigenvalue weighted by Crippen LogP contribution is 2.23. The Balaban J connectivity index is 1.95. The van der Waals surface area contributed by atoms with Crippen LogP contribution < -0.4 is 10.1 Å². The highest BCUT2D eigenvalue weighted by atomic mass is 35.5. The molecule has 0 heterocycles. The van der Waals surface area contributed by atoms with Crippen LogP contribution in [-0.2, 0) is 6.54 Å². The maximum Gasteiger partial charge on any atom is 0.119 e. The van der Waals surface area contributed by atoms with E-state index in [1.54, 1.807) is 0 Å². The monoisotopic (exact) mass is 289 g/mol. The third kappa shape index (κ3) is 3.91. The average Bonchev–Trinajstić information content (AvgIpc) is 2.48. The first-order valence-electron chi connectivity index (χ1n) is 6.91. The number of hydrogen-bond acceptors (Lipinski definition) is 2. The van der Waals surface area contributed by atoms with Crippen molar-refractivity contribution >= 4 is 17.3 Å². The van der Waals surface area contributed by atoms with Gasteiger partial charge in [0.05, 0.1) is 6.61 Å². The number of nitrogens with one attached hydrogen (secondary N) is 1. The van der Waals surface area contributed by atoms with E-state index < -0.39 is 0 Å². The summed E-state index contributed by atoms with van der Waals surface area (Å²) in [5.41, 5.74) is 3.37. The fourth-order valence-corrected chi connectivity index (χ4v) is 2.09. The van der Waals surface area contributed by atoms with Crippen LogP contribution in [0.4, 0.5) is 5.69 Å². The smallest absolute Gasteiger partial charge is 0.119 e. The maximum atomic E-state index is 6.11. The van der Waals surface area contributed by atoms with Gasteiger partial charge < -0.3 is 10.1 Å². The lowest BCUT2D eigenvalue weighted by atomic mass is 10.1. The number of halogens is 1. The SMILES string of the molecule is CCCOc1ccc(CNc2cccc(Cl)c2C)cc1. The van der Waals surface area contributed by atoms with Gasteiger partial charge >= 0.3 is 0 Å². The van der Waals surface area contributed by atoms with Gasteiger partial charge in [0.25, 0.3) is 0 Å². The molecule has 0 radical (unpaired) electrons. The fraction of sp³-hybridized carbons (Fsp3) is 0.294. The molecule has 0 saturated heterocycles. The van der Waals surface area contributed by atoms with E-state index in [1.807, 2.05) is 37.3 Å². The van der Waals surface area contributed by atoms with Gasteiger partial charge in [0.2, 0.25) is 0 Å². The van der Waals surface area contributed by atoms with E-state index in [-0.39, 0.29) is 0 Å². The van der Waals surface area contributed by atoms with Crippen LogP contribution in [0.1, 0.15) is 24.5 Å². The minimum Gasteiger partial charge on any atom is -0.494 e. The van der Waals surface area contributed by atoms with Crippen LogP contribution in [0.15, 0.2) is 42.5 Å². The lowest BCUT2D eigenvalue weighted by Crippen LogP contribution is -2.01. The molecule has 0 aliphatic heterocycles. The number of benzene rings is 2. The fourth-order valence-electron chi connectivity index (χ4n) is 1.92. The van der Waals surface area contributed by atoms with E-state index in [1.165, 1.54) is 5.56 Å². The first kappa shape index (κ1) is 14.7. The molecule has 2 aromatic rings. The Kier molecular flexibility index (Phi) is 5.31. The zero-order chi connectivity index (χ0) is 14.4. The first-order chi connectivity index (χ1) is 9.70. The van der Waals surface area contributed by atoms with Gasteiger partial charge in [0, 0.05) is 17.3 Å². The van der Waals surface area contributed by atoms with Crippen LogP contribution in [0.3, 0.4) is 0 Å². The van der Waals surface area contributed by atoms with Gasteiger partial charge in [-0.15, -0.1) is 0 Å². The van der Waals surface area contributed by atoms with Crippen molar-refractivity contribution in [3.63, 3.8) is 0 Å². The molecule has 0 amide bonds. The molecule has 3 heteroatoms. The molecule has 1 N–H and O–H groups in total. The summed E-state index contributed by atoms with van der Waals surface area (Å²) >= 11 is 6.11. The summed E-state index contributed by atoms with van der Waals surface area (Å²) in [4.78, 5) is 0. The molecule has 0 fully saturated rings. The Morgan fingerprint density at radius 1 is 1.10 bits per heavy atom. The third-order valence-electron chi connectivity index (χ3n) is 3.15. The molecular formula is C17H20ClNO. The number of hydrogen-bond donors (Lipinski definition) is 1. The van der Waals surface area contributed by atoms with Crippen molar-refractivity contribution in [1.29, 1.82) is 0 Å². The molecule has 0 aromatic heterocycles. The molecule has 0 aliphatic rings. The van der Waals surface area contributed by atoms with E-state index in [0.29, 0.717) is 0 Å². The minimum absolute atomic E-state index is 0.763. The predicted octanol–water partition coefficient (Wildman–Crippen LogP) is 5.05. The van der Waals surface area contributed by atoms with E-state index in [2.05, 4.69) is 24.4 Å². The van der Waals surface area contributed by atoms with E-state index >= 15 is 0 Å². The van der Waals surface area contributed by atoms with Gasteiger partial charge in [-0.1, -0.05) is 36.7 Å². The molecule has 106 valence electrons. The van der Waals surface area contributed by atoms with Gasteiger partial charge in [0.1, 0.15) is 5.75 Å². The molecule has 0 atom stereocenters. The molecule has 0 bridgehead atoms. The summed E-state index contributed by atoms with van der Waals surface area (Å²) in [5, 5.41) is 4.20. The Hall–Kier alpha value is -1.67. The summed E-state index contributed by atoms with van der Waals surface area (Å²) in [7, 11) is 0. The van der Waals surface area contributed by atoms with Crippen molar-refractivity contribution < 1.29 is 4.74 Å². The van der Waals surface area contributed by atoms with Crippen LogP contribution in [0.25, 0.3) is 0 Å². The lowest BCUT2D eigenvalue weighted by Gasteiger charge is -2.11. The molecule has 0 aliphatic carbocycles. The lowest BCUT2D eigenvalue weighted by molar-refractivity contribution is 0.317. The Morgan fingerprint density at radius 3 is 2.55 bits per heavy atom. The van der Waals surface area contributed by atoms with Gasteiger partial charge in [0.15, 0.2) is 0 Å². The van der Waals surface area contributed by atoms with Gasteiger partial charge in [-0.25, -0.2) is 0 Å². The quantitative estimate of drug-likeness (QED) is 0.803. The van der Waals surface area contributed by atoms with E-state index in [9.17, 15) is 0 Å². The van der Waals surface area contributed by atoms with Crippen molar-refractivity contribution in [2.75, 3.05) is 11.9 Å². The standard InChI is InChI=1S/C17H20ClNO/c1-3-11-20-15-9-7-14(8-10-15)12-19-17-6-4-5-16(18)13(17)2/h4-10,19H,3,11-12H2,1-2H3. The number of ether oxygens (including phenoxy) is 1. The van der Waals surface area contributed by atoms with Crippen molar-refractivity contribution in [3.8, 4) is 5.75 Å². The van der Waals surface area contributed by atoms with Crippen LogP contribution in [0, 0.1) is 6.92 Å². The Labute approximate surface area is 125 Å². The number of rotatable bonds is 6. The van der Waals surface area contributed by atoms with Gasteiger partial charge in [-0.3, -0.25) is 0 Å². The summed E-state index contributed by atoms with van der Waals surface area (Å²) in [5.74, 6) is 0.925. The van der Waals surface area contributed by atoms with Gasteiger partial charge in [-0.05, 0) is 48.7 Å². The van der Waals surface area contributed by atoms with Crippen molar-refractivity contribution in [2.45, 2.75) is 26.8 Å². The largest absolute Gasteiger partial charge is 0.494 e. The van der Waals surface area contributed by atoms with Gasteiger partial charge in [-0.2, -0.15) is 0 Å². The van der Waals surface area contributed by atoms with Crippen molar-refractivity contribution in [1.82, 2.24) is 0 Å². The van der Waals surface area contributed by atoms with Crippen LogP contribution in [-0.4, -0.2) is 6.61 Å². The van der Waals surface area contributed by atoms with Crippen LogP contribution in [0.5, 0.6) is 5.75 Å². The normalized spacial score (nSPS) is 10.3.